The van der Waals surface area contributed by atoms with Crippen LogP contribution in [0.1, 0.15) is 197 Å². The van der Waals surface area contributed by atoms with Gasteiger partial charge in [0.1, 0.15) is 0 Å². The molecule has 2 nitrogen and oxygen atoms in total. The molecule has 42 heavy (non-hydrogen) atoms. The van der Waals surface area contributed by atoms with E-state index in [1.807, 2.05) is 0 Å². The van der Waals surface area contributed by atoms with E-state index in [1.165, 1.54) is 128 Å². The maximum atomic E-state index is 9.06. The molecule has 0 aliphatic heterocycles. The summed E-state index contributed by atoms with van der Waals surface area (Å²) < 4.78 is 0. The Bertz CT molecular complexity index is 500. The largest absolute Gasteiger partial charge is 0.396 e. The van der Waals surface area contributed by atoms with E-state index in [-0.39, 0.29) is 0 Å². The van der Waals surface area contributed by atoms with Crippen LogP contribution in [0.15, 0.2) is 0 Å². The number of hydrogen-bond donors (Lipinski definition) is 2. The van der Waals surface area contributed by atoms with Gasteiger partial charge in [0.2, 0.25) is 0 Å². The maximum Gasteiger partial charge on any atom is 0.0433 e. The van der Waals surface area contributed by atoms with Crippen LogP contribution in [0.5, 0.6) is 0 Å². The van der Waals surface area contributed by atoms with Gasteiger partial charge in [-0.15, -0.1) is 0 Å². The Kier molecular flexibility index (Phi) is 28.3. The fourth-order valence-corrected chi connectivity index (χ4v) is 7.05. The van der Waals surface area contributed by atoms with Gasteiger partial charge in [-0.2, -0.15) is 0 Å². The van der Waals surface area contributed by atoms with Crippen molar-refractivity contribution < 1.29 is 10.2 Å². The highest BCUT2D eigenvalue weighted by atomic mass is 16.3. The minimum absolute atomic E-state index is 0.348. The highest BCUT2D eigenvalue weighted by molar-refractivity contribution is 4.65. The van der Waals surface area contributed by atoms with Crippen LogP contribution in [-0.4, -0.2) is 23.4 Å². The first kappa shape index (κ1) is 41.9. The molecule has 0 heterocycles. The standard InChI is InChI=1S/C40H82O2/c1-33(15-9-17-35(3)21-13-25-39(7)29-31-41)19-11-23-37(5)27-28-38(6)24-12-20-34(2)16-10-18-36(4)22-14-26-40(8)30-32-42/h33-42H,9-32H2,1-8H3/t33-,34+,35+,36-,37-,38+,39-,40-/m0/s1. The van der Waals surface area contributed by atoms with Crippen LogP contribution in [0.2, 0.25) is 0 Å². The summed E-state index contributed by atoms with van der Waals surface area (Å²) in [7, 11) is 0. The van der Waals surface area contributed by atoms with Crippen molar-refractivity contribution in [1.29, 1.82) is 0 Å². The lowest BCUT2D eigenvalue weighted by Gasteiger charge is -2.18. The van der Waals surface area contributed by atoms with Gasteiger partial charge < -0.3 is 10.2 Å². The molecule has 0 unspecified atom stereocenters. The average molecular weight is 595 g/mol. The van der Waals surface area contributed by atoms with Crippen molar-refractivity contribution in [3.63, 3.8) is 0 Å². The number of aliphatic hydroxyl groups is 2. The second-order valence-corrected chi connectivity index (χ2v) is 16.0. The second-order valence-electron chi connectivity index (χ2n) is 16.0. The normalized spacial score (nSPS) is 17.9. The molecule has 0 fully saturated rings. The van der Waals surface area contributed by atoms with Crippen LogP contribution < -0.4 is 0 Å². The van der Waals surface area contributed by atoms with Gasteiger partial charge in [-0.3, -0.25) is 0 Å². The van der Waals surface area contributed by atoms with Crippen molar-refractivity contribution in [2.45, 2.75) is 197 Å². The van der Waals surface area contributed by atoms with Crippen molar-refractivity contribution in [2.24, 2.45) is 47.3 Å². The molecule has 0 saturated carbocycles. The molecule has 0 radical (unpaired) electrons. The molecule has 0 aromatic heterocycles. The molecule has 2 N–H and O–H groups in total. The number of hydrogen-bond acceptors (Lipinski definition) is 2. The van der Waals surface area contributed by atoms with E-state index in [9.17, 15) is 0 Å². The van der Waals surface area contributed by atoms with Crippen LogP contribution in [0, 0.1) is 47.3 Å². The van der Waals surface area contributed by atoms with Crippen molar-refractivity contribution in [3.8, 4) is 0 Å². The molecule has 0 amide bonds. The van der Waals surface area contributed by atoms with Gasteiger partial charge >= 0.3 is 0 Å². The third kappa shape index (κ3) is 27.5. The van der Waals surface area contributed by atoms with Gasteiger partial charge in [0.15, 0.2) is 0 Å². The van der Waals surface area contributed by atoms with E-state index in [0.717, 1.165) is 48.3 Å². The fourth-order valence-electron chi connectivity index (χ4n) is 7.05. The van der Waals surface area contributed by atoms with Crippen molar-refractivity contribution in [3.05, 3.63) is 0 Å². The fraction of sp³-hybridized carbons (Fsp3) is 1.00. The molecule has 0 bridgehead atoms. The Hall–Kier alpha value is -0.0800. The van der Waals surface area contributed by atoms with Crippen molar-refractivity contribution in [2.75, 3.05) is 13.2 Å². The van der Waals surface area contributed by atoms with Crippen LogP contribution >= 0.6 is 0 Å². The highest BCUT2D eigenvalue weighted by Gasteiger charge is 2.12. The van der Waals surface area contributed by atoms with Gasteiger partial charge in [0.25, 0.3) is 0 Å². The molecule has 0 rings (SSSR count). The molecular weight excluding hydrogens is 512 g/mol. The first-order chi connectivity index (χ1) is 20.1. The summed E-state index contributed by atoms with van der Waals surface area (Å²) >= 11 is 0. The zero-order chi connectivity index (χ0) is 31.6. The summed E-state index contributed by atoms with van der Waals surface area (Å²) in [4.78, 5) is 0. The van der Waals surface area contributed by atoms with Gasteiger partial charge in [-0.1, -0.05) is 184 Å². The van der Waals surface area contributed by atoms with E-state index in [0.29, 0.717) is 25.0 Å². The van der Waals surface area contributed by atoms with Gasteiger partial charge in [-0.05, 0) is 60.2 Å². The van der Waals surface area contributed by atoms with Crippen molar-refractivity contribution >= 4 is 0 Å². The Morgan fingerprint density at radius 2 is 0.381 bits per heavy atom. The Morgan fingerprint density at radius 3 is 0.548 bits per heavy atom. The minimum atomic E-state index is 0.348. The SMILES string of the molecule is C[C@H](CCC[C@H](C)CCC[C@H](C)CC[C@H](C)CCC[C@H](C)CCC[C@H](C)CCC[C@H](C)CCO)CCC[C@H](C)CCO. The molecule has 2 heteroatoms. The molecular formula is C40H82O2. The summed E-state index contributed by atoms with van der Waals surface area (Å²) in [6.45, 7) is 20.1. The first-order valence-corrected chi connectivity index (χ1v) is 19.3. The van der Waals surface area contributed by atoms with Crippen LogP contribution in [0.25, 0.3) is 0 Å². The van der Waals surface area contributed by atoms with E-state index in [1.54, 1.807) is 0 Å². The lowest BCUT2D eigenvalue weighted by molar-refractivity contribution is 0.254. The van der Waals surface area contributed by atoms with Gasteiger partial charge in [0, 0.05) is 13.2 Å². The lowest BCUT2D eigenvalue weighted by atomic mass is 9.88. The number of rotatable bonds is 31. The molecule has 0 aliphatic rings. The topological polar surface area (TPSA) is 40.5 Å². The zero-order valence-corrected chi connectivity index (χ0v) is 30.5. The van der Waals surface area contributed by atoms with E-state index < -0.39 is 0 Å². The predicted octanol–water partition coefficient (Wildman–Crippen LogP) is 12.6. The first-order valence-electron chi connectivity index (χ1n) is 19.3. The monoisotopic (exact) mass is 595 g/mol. The third-order valence-electron chi connectivity index (χ3n) is 10.8. The smallest absolute Gasteiger partial charge is 0.0433 e. The zero-order valence-electron chi connectivity index (χ0n) is 30.5. The Balaban J connectivity index is 3.71. The molecule has 0 aliphatic carbocycles. The van der Waals surface area contributed by atoms with Crippen LogP contribution in [0.4, 0.5) is 0 Å². The number of aliphatic hydroxyl groups excluding tert-OH is 2. The van der Waals surface area contributed by atoms with Crippen LogP contribution in [0.3, 0.4) is 0 Å². The quantitative estimate of drug-likeness (QED) is 0.0838. The summed E-state index contributed by atoms with van der Waals surface area (Å²) in [5.74, 6) is 6.68. The van der Waals surface area contributed by atoms with Crippen LogP contribution in [-0.2, 0) is 0 Å². The Labute approximate surface area is 267 Å². The van der Waals surface area contributed by atoms with Gasteiger partial charge in [0.05, 0.1) is 0 Å². The predicted molar refractivity (Wildman–Crippen MR) is 189 cm³/mol. The Morgan fingerprint density at radius 1 is 0.238 bits per heavy atom. The highest BCUT2D eigenvalue weighted by Crippen LogP contribution is 2.26. The van der Waals surface area contributed by atoms with E-state index in [4.69, 9.17) is 10.2 Å². The minimum Gasteiger partial charge on any atom is -0.396 e. The molecule has 8 atom stereocenters. The molecule has 0 saturated heterocycles. The molecule has 0 aromatic rings. The summed E-state index contributed by atoms with van der Waals surface area (Å²) in [5, 5.41) is 18.1. The second kappa shape index (κ2) is 28.4. The summed E-state index contributed by atoms with van der Waals surface area (Å²) in [6, 6.07) is 0. The third-order valence-corrected chi connectivity index (χ3v) is 10.8. The molecule has 0 spiro atoms. The molecule has 254 valence electrons. The summed E-state index contributed by atoms with van der Waals surface area (Å²) in [6.07, 6.45) is 29.8. The lowest BCUT2D eigenvalue weighted by Crippen LogP contribution is -2.04. The van der Waals surface area contributed by atoms with E-state index >= 15 is 0 Å². The summed E-state index contributed by atoms with van der Waals surface area (Å²) in [5.41, 5.74) is 0. The van der Waals surface area contributed by atoms with Crippen molar-refractivity contribution in [1.82, 2.24) is 0 Å². The molecule has 0 aromatic carbocycles. The average Bonchev–Trinajstić information content (AvgIpc) is 2.92. The van der Waals surface area contributed by atoms with E-state index in [2.05, 4.69) is 55.4 Å². The maximum absolute atomic E-state index is 9.06. The van der Waals surface area contributed by atoms with Gasteiger partial charge in [-0.25, -0.2) is 0 Å².